The van der Waals surface area contributed by atoms with E-state index >= 15 is 0 Å². The van der Waals surface area contributed by atoms with E-state index in [0.29, 0.717) is 17.9 Å². The minimum atomic E-state index is -0.461. The third-order valence-corrected chi connectivity index (χ3v) is 2.73. The molecule has 0 unspecified atom stereocenters. The largest absolute Gasteiger partial charge is 0.494 e. The van der Waals surface area contributed by atoms with Crippen molar-refractivity contribution in [2.75, 3.05) is 21.2 Å². The molecule has 0 N–H and O–H groups in total. The Labute approximate surface area is 116 Å². The fourth-order valence-electron chi connectivity index (χ4n) is 1.80. The lowest BCUT2D eigenvalue weighted by molar-refractivity contribution is 0.299. The maximum Gasteiger partial charge on any atom is 0.268 e. The molecule has 0 aliphatic carbocycles. The normalized spacial score (nSPS) is 10.8. The van der Waals surface area contributed by atoms with E-state index in [1.165, 1.54) is 30.0 Å². The van der Waals surface area contributed by atoms with Gasteiger partial charge in [-0.3, -0.25) is 9.69 Å². The van der Waals surface area contributed by atoms with E-state index in [1.54, 1.807) is 12.1 Å². The number of aromatic nitrogens is 2. The third kappa shape index (κ3) is 3.03. The number of hydrogen-bond donors (Lipinski definition) is 0. The van der Waals surface area contributed by atoms with Gasteiger partial charge < -0.3 is 4.74 Å². The number of nitrogens with zero attached hydrogens (tertiary/aromatic N) is 3. The van der Waals surface area contributed by atoms with Gasteiger partial charge in [-0.05, 0) is 38.4 Å². The van der Waals surface area contributed by atoms with Crippen LogP contribution in [0, 0.1) is 5.82 Å². The van der Waals surface area contributed by atoms with Crippen LogP contribution >= 0.6 is 0 Å². The van der Waals surface area contributed by atoms with Gasteiger partial charge in [0.1, 0.15) is 0 Å². The molecule has 0 bridgehead atoms. The van der Waals surface area contributed by atoms with Crippen molar-refractivity contribution in [1.82, 2.24) is 14.7 Å². The Morgan fingerprint density at radius 2 is 2.05 bits per heavy atom. The van der Waals surface area contributed by atoms with Crippen molar-refractivity contribution in [3.63, 3.8) is 0 Å². The molecule has 0 atom stereocenters. The molecule has 0 aliphatic heterocycles. The number of halogens is 1. The quantitative estimate of drug-likeness (QED) is 0.851. The lowest BCUT2D eigenvalue weighted by atomic mass is 10.1. The molecule has 106 valence electrons. The molecule has 0 amide bonds. The van der Waals surface area contributed by atoms with E-state index in [2.05, 4.69) is 5.10 Å². The molecule has 1 heterocycles. The molecule has 2 rings (SSSR count). The molecule has 20 heavy (non-hydrogen) atoms. The van der Waals surface area contributed by atoms with Crippen LogP contribution < -0.4 is 10.3 Å². The summed E-state index contributed by atoms with van der Waals surface area (Å²) in [6, 6.07) is 7.58. The van der Waals surface area contributed by atoms with E-state index in [-0.39, 0.29) is 11.3 Å². The van der Waals surface area contributed by atoms with Crippen LogP contribution in [0.3, 0.4) is 0 Å². The minimum Gasteiger partial charge on any atom is -0.494 e. The smallest absolute Gasteiger partial charge is 0.268 e. The van der Waals surface area contributed by atoms with Crippen LogP contribution in [0.25, 0.3) is 11.3 Å². The highest BCUT2D eigenvalue weighted by molar-refractivity contribution is 5.59. The van der Waals surface area contributed by atoms with Gasteiger partial charge in [0.15, 0.2) is 11.6 Å². The van der Waals surface area contributed by atoms with Crippen molar-refractivity contribution in [2.24, 2.45) is 0 Å². The van der Waals surface area contributed by atoms with Gasteiger partial charge in [0.2, 0.25) is 0 Å². The number of hydrogen-bond acceptors (Lipinski definition) is 4. The Morgan fingerprint density at radius 3 is 2.65 bits per heavy atom. The number of benzene rings is 1. The summed E-state index contributed by atoms with van der Waals surface area (Å²) in [5, 5.41) is 4.23. The van der Waals surface area contributed by atoms with E-state index in [0.717, 1.165) is 0 Å². The van der Waals surface area contributed by atoms with Crippen molar-refractivity contribution in [2.45, 2.75) is 6.67 Å². The first-order valence-electron chi connectivity index (χ1n) is 6.08. The van der Waals surface area contributed by atoms with Crippen molar-refractivity contribution in [3.8, 4) is 17.0 Å². The summed E-state index contributed by atoms with van der Waals surface area (Å²) in [5.41, 5.74) is 0.931. The molecule has 2 aromatic rings. The average Bonchev–Trinajstić information content (AvgIpc) is 2.40. The van der Waals surface area contributed by atoms with Gasteiger partial charge in [0.05, 0.1) is 19.5 Å². The highest BCUT2D eigenvalue weighted by Gasteiger charge is 2.08. The standard InChI is InChI=1S/C14H16FN3O2/c1-17(2)9-18-14(19)7-5-12(16-18)10-4-6-13(20-3)11(15)8-10/h4-8H,9H2,1-3H3. The Balaban J connectivity index is 2.42. The van der Waals surface area contributed by atoms with Crippen molar-refractivity contribution < 1.29 is 9.13 Å². The molecular formula is C14H16FN3O2. The molecule has 1 aromatic carbocycles. The first kappa shape index (κ1) is 14.2. The summed E-state index contributed by atoms with van der Waals surface area (Å²) in [4.78, 5) is 13.5. The first-order chi connectivity index (χ1) is 9.51. The van der Waals surface area contributed by atoms with Crippen LogP contribution in [0.2, 0.25) is 0 Å². The number of methoxy groups -OCH3 is 1. The van der Waals surface area contributed by atoms with E-state index in [1.807, 2.05) is 19.0 Å². The SMILES string of the molecule is COc1ccc(-c2ccc(=O)n(CN(C)C)n2)cc1F. The highest BCUT2D eigenvalue weighted by Crippen LogP contribution is 2.23. The van der Waals surface area contributed by atoms with Crippen molar-refractivity contribution in [1.29, 1.82) is 0 Å². The van der Waals surface area contributed by atoms with E-state index in [9.17, 15) is 9.18 Å². The van der Waals surface area contributed by atoms with E-state index < -0.39 is 5.82 Å². The van der Waals surface area contributed by atoms with Gasteiger partial charge in [-0.25, -0.2) is 9.07 Å². The second-order valence-electron chi connectivity index (χ2n) is 4.63. The molecule has 6 heteroatoms. The molecule has 0 saturated heterocycles. The van der Waals surface area contributed by atoms with Crippen molar-refractivity contribution in [3.05, 3.63) is 46.5 Å². The van der Waals surface area contributed by atoms with Gasteiger partial charge >= 0.3 is 0 Å². The molecule has 0 saturated carbocycles. The lowest BCUT2D eigenvalue weighted by Gasteiger charge is -2.12. The van der Waals surface area contributed by atoms with Gasteiger partial charge in [-0.15, -0.1) is 0 Å². The molecular weight excluding hydrogens is 261 g/mol. The van der Waals surface area contributed by atoms with E-state index in [4.69, 9.17) is 4.74 Å². The minimum absolute atomic E-state index is 0.176. The fraction of sp³-hybridized carbons (Fsp3) is 0.286. The average molecular weight is 277 g/mol. The van der Waals surface area contributed by atoms with Crippen LogP contribution in [-0.4, -0.2) is 35.9 Å². The summed E-state index contributed by atoms with van der Waals surface area (Å²) < 4.78 is 19.9. The zero-order valence-electron chi connectivity index (χ0n) is 11.6. The monoisotopic (exact) mass is 277 g/mol. The molecule has 1 aromatic heterocycles. The van der Waals surface area contributed by atoms with Crippen molar-refractivity contribution >= 4 is 0 Å². The van der Waals surface area contributed by atoms with Crippen LogP contribution in [-0.2, 0) is 6.67 Å². The summed E-state index contributed by atoms with van der Waals surface area (Å²) >= 11 is 0. The molecule has 0 fully saturated rings. The Morgan fingerprint density at radius 1 is 1.30 bits per heavy atom. The van der Waals surface area contributed by atoms with Crippen LogP contribution in [0.4, 0.5) is 4.39 Å². The van der Waals surface area contributed by atoms with Crippen LogP contribution in [0.15, 0.2) is 35.1 Å². The Bertz CT molecular complexity index is 668. The predicted octanol–water partition coefficient (Wildman–Crippen LogP) is 1.58. The Hall–Kier alpha value is -2.21. The van der Waals surface area contributed by atoms with Gasteiger partial charge in [-0.1, -0.05) is 0 Å². The van der Waals surface area contributed by atoms with Gasteiger partial charge in [-0.2, -0.15) is 5.10 Å². The van der Waals surface area contributed by atoms with Gasteiger partial charge in [0, 0.05) is 11.6 Å². The summed E-state index contributed by atoms with van der Waals surface area (Å²) in [7, 11) is 5.09. The van der Waals surface area contributed by atoms with Crippen LogP contribution in [0.5, 0.6) is 5.75 Å². The zero-order valence-corrected chi connectivity index (χ0v) is 11.6. The maximum absolute atomic E-state index is 13.7. The van der Waals surface area contributed by atoms with Gasteiger partial charge in [0.25, 0.3) is 5.56 Å². The number of rotatable bonds is 4. The lowest BCUT2D eigenvalue weighted by Crippen LogP contribution is -2.29. The molecule has 5 nitrogen and oxygen atoms in total. The number of ether oxygens (including phenoxy) is 1. The summed E-state index contributed by atoms with van der Waals surface area (Å²) in [6.45, 7) is 0.366. The third-order valence-electron chi connectivity index (χ3n) is 2.73. The second-order valence-corrected chi connectivity index (χ2v) is 4.63. The molecule has 0 radical (unpaired) electrons. The zero-order chi connectivity index (χ0) is 14.7. The molecule has 0 spiro atoms. The predicted molar refractivity (Wildman–Crippen MR) is 74.1 cm³/mol. The summed E-state index contributed by atoms with van der Waals surface area (Å²) in [5.74, 6) is -0.285. The molecule has 0 aliphatic rings. The topological polar surface area (TPSA) is 47.4 Å². The fourth-order valence-corrected chi connectivity index (χ4v) is 1.80. The Kier molecular flexibility index (Phi) is 4.14. The van der Waals surface area contributed by atoms with Crippen LogP contribution in [0.1, 0.15) is 0 Å². The summed E-state index contributed by atoms with van der Waals surface area (Å²) in [6.07, 6.45) is 0. The second kappa shape index (κ2) is 5.83. The maximum atomic E-state index is 13.7. The highest BCUT2D eigenvalue weighted by atomic mass is 19.1. The first-order valence-corrected chi connectivity index (χ1v) is 6.08.